The van der Waals surface area contributed by atoms with Crippen LogP contribution in [0.2, 0.25) is 0 Å². The van der Waals surface area contributed by atoms with Gasteiger partial charge in [-0.3, -0.25) is 0 Å². The van der Waals surface area contributed by atoms with Gasteiger partial charge in [0.1, 0.15) is 0 Å². The molecule has 0 unspecified atom stereocenters. The summed E-state index contributed by atoms with van der Waals surface area (Å²) in [6.07, 6.45) is 0. The molecular weight excluding hydrogens is 258 g/mol. The predicted molar refractivity (Wildman–Crippen MR) is 74.0 cm³/mol. The molecule has 20 heavy (non-hydrogen) atoms. The highest BCUT2D eigenvalue weighted by atomic mass is 16.5. The maximum absolute atomic E-state index is 10.8. The number of anilines is 1. The number of piperazine rings is 1. The summed E-state index contributed by atoms with van der Waals surface area (Å²) >= 11 is 0. The van der Waals surface area contributed by atoms with Crippen molar-refractivity contribution < 1.29 is 14.4 Å². The van der Waals surface area contributed by atoms with Gasteiger partial charge in [0.15, 0.2) is 11.5 Å². The number of rotatable bonds is 3. The van der Waals surface area contributed by atoms with Crippen molar-refractivity contribution in [3.05, 3.63) is 36.0 Å². The molecule has 1 aliphatic heterocycles. The fraction of sp³-hybridized carbons (Fsp3) is 0.286. The fourth-order valence-electron chi connectivity index (χ4n) is 2.27. The number of carboxylic acid groups (broad SMARTS) is 1. The summed E-state index contributed by atoms with van der Waals surface area (Å²) in [5, 5.41) is 15.6. The quantitative estimate of drug-likeness (QED) is 0.881. The predicted octanol–water partition coefficient (Wildman–Crippen LogP) is 1.45. The number of carbonyl (C=O) groups is 1. The van der Waals surface area contributed by atoms with Gasteiger partial charge in [0.2, 0.25) is 0 Å². The first-order valence-corrected chi connectivity index (χ1v) is 6.50. The fourth-order valence-corrected chi connectivity index (χ4v) is 2.27. The lowest BCUT2D eigenvalue weighted by molar-refractivity contribution is 0.0686. The van der Waals surface area contributed by atoms with Crippen molar-refractivity contribution in [2.75, 3.05) is 31.1 Å². The Morgan fingerprint density at radius 2 is 1.95 bits per heavy atom. The molecule has 0 atom stereocenters. The van der Waals surface area contributed by atoms with E-state index in [1.807, 2.05) is 24.3 Å². The molecule has 1 aromatic heterocycles. The standard InChI is InChI=1S/C14H15N3O3/c18-14(19)12-9-13(20-16-12)10-1-3-11(4-2-10)17-7-5-15-6-8-17/h1-4,9,15H,5-8H2,(H,18,19). The summed E-state index contributed by atoms with van der Waals surface area (Å²) in [5.74, 6) is -0.619. The van der Waals surface area contributed by atoms with E-state index < -0.39 is 5.97 Å². The van der Waals surface area contributed by atoms with Crippen LogP contribution in [-0.4, -0.2) is 42.4 Å². The second-order valence-electron chi connectivity index (χ2n) is 4.67. The Bertz CT molecular complexity index is 600. The lowest BCUT2D eigenvalue weighted by Gasteiger charge is -2.29. The molecule has 1 aromatic carbocycles. The molecule has 2 N–H and O–H groups in total. The van der Waals surface area contributed by atoms with Gasteiger partial charge in [-0.25, -0.2) is 4.79 Å². The SMILES string of the molecule is O=C(O)c1cc(-c2ccc(N3CCNCC3)cc2)on1. The molecule has 0 spiro atoms. The molecule has 1 fully saturated rings. The Morgan fingerprint density at radius 3 is 2.55 bits per heavy atom. The maximum atomic E-state index is 10.8. The van der Waals surface area contributed by atoms with E-state index in [0.29, 0.717) is 5.76 Å². The molecule has 0 amide bonds. The summed E-state index contributed by atoms with van der Waals surface area (Å²) in [4.78, 5) is 13.1. The zero-order chi connectivity index (χ0) is 13.9. The highest BCUT2D eigenvalue weighted by Crippen LogP contribution is 2.24. The second kappa shape index (κ2) is 5.34. The minimum Gasteiger partial charge on any atom is -0.476 e. The number of aromatic carboxylic acids is 1. The molecule has 1 saturated heterocycles. The van der Waals surface area contributed by atoms with Gasteiger partial charge in [0.05, 0.1) is 0 Å². The lowest BCUT2D eigenvalue weighted by Crippen LogP contribution is -2.43. The van der Waals surface area contributed by atoms with Crippen LogP contribution in [0.25, 0.3) is 11.3 Å². The van der Waals surface area contributed by atoms with Gasteiger partial charge < -0.3 is 19.8 Å². The molecule has 0 bridgehead atoms. The number of hydrogen-bond donors (Lipinski definition) is 2. The maximum Gasteiger partial charge on any atom is 0.358 e. The zero-order valence-electron chi connectivity index (χ0n) is 10.9. The Labute approximate surface area is 116 Å². The van der Waals surface area contributed by atoms with E-state index in [1.165, 1.54) is 6.07 Å². The molecule has 3 rings (SSSR count). The summed E-state index contributed by atoms with van der Waals surface area (Å²) in [5.41, 5.74) is 1.91. The summed E-state index contributed by atoms with van der Waals surface area (Å²) in [7, 11) is 0. The van der Waals surface area contributed by atoms with E-state index in [-0.39, 0.29) is 5.69 Å². The van der Waals surface area contributed by atoms with Crippen LogP contribution < -0.4 is 10.2 Å². The topological polar surface area (TPSA) is 78.6 Å². The van der Waals surface area contributed by atoms with Crippen LogP contribution in [0.4, 0.5) is 5.69 Å². The van der Waals surface area contributed by atoms with Crippen LogP contribution in [0.1, 0.15) is 10.5 Å². The number of nitrogens with zero attached hydrogens (tertiary/aromatic N) is 2. The Morgan fingerprint density at radius 1 is 1.25 bits per heavy atom. The Kier molecular flexibility index (Phi) is 3.39. The van der Waals surface area contributed by atoms with Crippen molar-refractivity contribution in [1.29, 1.82) is 0 Å². The van der Waals surface area contributed by atoms with Gasteiger partial charge in [0.25, 0.3) is 0 Å². The van der Waals surface area contributed by atoms with E-state index in [1.54, 1.807) is 0 Å². The molecule has 2 aromatic rings. The van der Waals surface area contributed by atoms with E-state index >= 15 is 0 Å². The molecule has 0 radical (unpaired) electrons. The smallest absolute Gasteiger partial charge is 0.358 e. The number of nitrogens with one attached hydrogen (secondary N) is 1. The van der Waals surface area contributed by atoms with Gasteiger partial charge in [-0.15, -0.1) is 0 Å². The molecule has 2 heterocycles. The minimum absolute atomic E-state index is 0.0776. The molecule has 0 saturated carbocycles. The average Bonchev–Trinajstić information content (AvgIpc) is 2.98. The third-order valence-electron chi connectivity index (χ3n) is 3.36. The lowest BCUT2D eigenvalue weighted by atomic mass is 10.1. The summed E-state index contributed by atoms with van der Waals surface area (Å²) in [6, 6.07) is 9.31. The van der Waals surface area contributed by atoms with Crippen molar-refractivity contribution in [2.24, 2.45) is 0 Å². The third kappa shape index (κ3) is 2.50. The van der Waals surface area contributed by atoms with Gasteiger partial charge >= 0.3 is 5.97 Å². The van der Waals surface area contributed by atoms with E-state index in [2.05, 4.69) is 15.4 Å². The first-order chi connectivity index (χ1) is 9.74. The van der Waals surface area contributed by atoms with Crippen LogP contribution in [-0.2, 0) is 0 Å². The van der Waals surface area contributed by atoms with Crippen LogP contribution in [0, 0.1) is 0 Å². The third-order valence-corrected chi connectivity index (χ3v) is 3.36. The first-order valence-electron chi connectivity index (χ1n) is 6.50. The van der Waals surface area contributed by atoms with Crippen molar-refractivity contribution in [3.63, 3.8) is 0 Å². The molecule has 6 nitrogen and oxygen atoms in total. The van der Waals surface area contributed by atoms with E-state index in [9.17, 15) is 4.79 Å². The molecule has 6 heteroatoms. The van der Waals surface area contributed by atoms with E-state index in [4.69, 9.17) is 9.63 Å². The molecular formula is C14H15N3O3. The van der Waals surface area contributed by atoms with Crippen molar-refractivity contribution in [3.8, 4) is 11.3 Å². The van der Waals surface area contributed by atoms with Gasteiger partial charge in [0, 0.05) is 43.5 Å². The van der Waals surface area contributed by atoms with Crippen LogP contribution in [0.15, 0.2) is 34.9 Å². The molecule has 1 aliphatic rings. The highest BCUT2D eigenvalue weighted by molar-refractivity contribution is 5.86. The normalized spacial score (nSPS) is 15.3. The monoisotopic (exact) mass is 273 g/mol. The largest absolute Gasteiger partial charge is 0.476 e. The second-order valence-corrected chi connectivity index (χ2v) is 4.67. The minimum atomic E-state index is -1.09. The first kappa shape index (κ1) is 12.7. The van der Waals surface area contributed by atoms with Gasteiger partial charge in [-0.2, -0.15) is 0 Å². The van der Waals surface area contributed by atoms with Crippen LogP contribution in [0.5, 0.6) is 0 Å². The van der Waals surface area contributed by atoms with Gasteiger partial charge in [-0.1, -0.05) is 5.16 Å². The summed E-state index contributed by atoms with van der Waals surface area (Å²) < 4.78 is 5.04. The number of aromatic nitrogens is 1. The average molecular weight is 273 g/mol. The number of carboxylic acids is 1. The Hall–Kier alpha value is -2.34. The van der Waals surface area contributed by atoms with Crippen molar-refractivity contribution >= 4 is 11.7 Å². The van der Waals surface area contributed by atoms with E-state index in [0.717, 1.165) is 37.4 Å². The van der Waals surface area contributed by atoms with Gasteiger partial charge in [-0.05, 0) is 24.3 Å². The van der Waals surface area contributed by atoms with Crippen molar-refractivity contribution in [2.45, 2.75) is 0 Å². The zero-order valence-corrected chi connectivity index (χ0v) is 10.9. The highest BCUT2D eigenvalue weighted by Gasteiger charge is 2.13. The van der Waals surface area contributed by atoms with Crippen LogP contribution >= 0.6 is 0 Å². The number of benzene rings is 1. The number of hydrogen-bond acceptors (Lipinski definition) is 5. The Balaban J connectivity index is 1.79. The summed E-state index contributed by atoms with van der Waals surface area (Å²) in [6.45, 7) is 3.97. The molecule has 104 valence electrons. The van der Waals surface area contributed by atoms with Crippen LogP contribution in [0.3, 0.4) is 0 Å². The van der Waals surface area contributed by atoms with Crippen molar-refractivity contribution in [1.82, 2.24) is 10.5 Å². The molecule has 0 aliphatic carbocycles.